The van der Waals surface area contributed by atoms with E-state index in [1.807, 2.05) is 0 Å². The molecule has 0 aromatic rings. The van der Waals surface area contributed by atoms with Gasteiger partial charge < -0.3 is 0 Å². The van der Waals surface area contributed by atoms with Crippen molar-refractivity contribution in [3.05, 3.63) is 0 Å². The van der Waals surface area contributed by atoms with Gasteiger partial charge in [0, 0.05) is 0 Å². The van der Waals surface area contributed by atoms with Gasteiger partial charge in [-0.2, -0.15) is 0 Å². The summed E-state index contributed by atoms with van der Waals surface area (Å²) in [5.74, 6) is 0. The molecule has 0 aromatic carbocycles. The maximum atomic E-state index is 2.58. The zero-order valence-electron chi connectivity index (χ0n) is 55.7. The second-order valence-electron chi connectivity index (χ2n) is 34.9. The molecule has 9 aliphatic carbocycles. The smallest absolute Gasteiger partial charge is 0.0272 e. The highest BCUT2D eigenvalue weighted by Gasteiger charge is 2.49. The van der Waals surface area contributed by atoms with Crippen LogP contribution in [0.3, 0.4) is 0 Å². The van der Waals surface area contributed by atoms with E-state index in [4.69, 9.17) is 0 Å². The lowest BCUT2D eigenvalue weighted by atomic mass is 9.52. The Hall–Kier alpha value is 0. The molecule has 0 N–H and O–H groups in total. The van der Waals surface area contributed by atoms with E-state index < -0.39 is 0 Å². The van der Waals surface area contributed by atoms with Crippen LogP contribution in [0.15, 0.2) is 0 Å². The van der Waals surface area contributed by atoms with Crippen LogP contribution in [0.4, 0.5) is 0 Å². The minimum Gasteiger partial charge on any atom is -0.0648 e. The van der Waals surface area contributed by atoms with Crippen molar-refractivity contribution in [1.82, 2.24) is 0 Å². The Morgan fingerprint density at radius 1 is 0.164 bits per heavy atom. The van der Waals surface area contributed by atoms with E-state index in [0.29, 0.717) is 75.8 Å². The average Bonchev–Trinajstić information content (AvgIpc) is 3.99. The van der Waals surface area contributed by atoms with E-state index >= 15 is 0 Å². The Labute approximate surface area is 464 Å². The first kappa shape index (κ1) is 67.3. The highest BCUT2D eigenvalue weighted by atomic mass is 14.5. The van der Waals surface area contributed by atoms with Crippen molar-refractivity contribution in [3.8, 4) is 0 Å². The molecule has 0 spiro atoms. The molecule has 0 saturated heterocycles. The molecule has 9 aliphatic rings. The molecule has 73 heavy (non-hydrogen) atoms. The van der Waals surface area contributed by atoms with E-state index in [2.05, 4.69) is 166 Å². The fraction of sp³-hybridized carbons (Fsp3) is 1.00. The molecule has 9 saturated carbocycles. The monoisotopic (exact) mass is 1020 g/mol. The maximum absolute atomic E-state index is 2.58. The van der Waals surface area contributed by atoms with Crippen LogP contribution >= 0.6 is 0 Å². The highest BCUT2D eigenvalue weighted by molar-refractivity contribution is 5.00. The second-order valence-corrected chi connectivity index (χ2v) is 34.9. The van der Waals surface area contributed by atoms with Crippen LogP contribution in [-0.4, -0.2) is 0 Å². The lowest BCUT2D eigenvalue weighted by Crippen LogP contribution is -2.42. The summed E-state index contributed by atoms with van der Waals surface area (Å²) in [6.45, 7) is 58.1. The van der Waals surface area contributed by atoms with Crippen LogP contribution in [0.25, 0.3) is 0 Å². The van der Waals surface area contributed by atoms with Gasteiger partial charge in [-0.25, -0.2) is 0 Å². The number of hydrogen-bond donors (Lipinski definition) is 0. The van der Waals surface area contributed by atoms with Gasteiger partial charge >= 0.3 is 0 Å². The molecule has 2 atom stereocenters. The van der Waals surface area contributed by atoms with E-state index in [1.54, 1.807) is 0 Å². The van der Waals surface area contributed by atoms with Gasteiger partial charge in [0.25, 0.3) is 0 Å². The summed E-state index contributed by atoms with van der Waals surface area (Å²) in [4.78, 5) is 0. The van der Waals surface area contributed by atoms with E-state index in [9.17, 15) is 0 Å². The Balaban J connectivity index is 0.000000226. The molecule has 0 aromatic heterocycles. The molecule has 0 heteroatoms. The van der Waals surface area contributed by atoms with Crippen LogP contribution in [0.5, 0.6) is 0 Å². The maximum Gasteiger partial charge on any atom is -0.0272 e. The lowest BCUT2D eigenvalue weighted by molar-refractivity contribution is -0.0261. The first-order valence-corrected chi connectivity index (χ1v) is 33.2. The Morgan fingerprint density at radius 2 is 0.301 bits per heavy atom. The van der Waals surface area contributed by atoms with Gasteiger partial charge in [0.15, 0.2) is 0 Å². The van der Waals surface area contributed by atoms with Crippen molar-refractivity contribution in [1.29, 1.82) is 0 Å². The second kappa shape index (κ2) is 25.6. The summed E-state index contributed by atoms with van der Waals surface area (Å²) in [5, 5.41) is 0. The molecule has 9 rings (SSSR count). The van der Waals surface area contributed by atoms with Gasteiger partial charge in [-0.3, -0.25) is 0 Å². The minimum absolute atomic E-state index is 0.590. The van der Waals surface area contributed by atoms with Crippen LogP contribution < -0.4 is 0 Å². The van der Waals surface area contributed by atoms with Crippen molar-refractivity contribution in [3.63, 3.8) is 0 Å². The van der Waals surface area contributed by atoms with Crippen LogP contribution in [0.2, 0.25) is 0 Å². The third kappa shape index (κ3) is 16.3. The molecule has 0 amide bonds. The molecule has 0 aliphatic heterocycles. The Kier molecular flexibility index (Phi) is 23.6. The normalized spacial score (nSPS) is 35.8. The van der Waals surface area contributed by atoms with Crippen molar-refractivity contribution in [2.75, 3.05) is 0 Å². The van der Waals surface area contributed by atoms with Gasteiger partial charge in [0.2, 0.25) is 0 Å². The minimum atomic E-state index is 0.590. The fourth-order valence-electron chi connectivity index (χ4n) is 16.7. The van der Waals surface area contributed by atoms with Crippen LogP contribution in [0.1, 0.15) is 391 Å². The topological polar surface area (TPSA) is 0 Å². The first-order chi connectivity index (χ1) is 33.2. The summed E-state index contributed by atoms with van der Waals surface area (Å²) in [6.07, 6.45) is 51.1. The summed E-state index contributed by atoms with van der Waals surface area (Å²) in [6, 6.07) is 0. The average molecular weight is 1020 g/mol. The molecular weight excluding hydrogens is 877 g/mol. The summed E-state index contributed by atoms with van der Waals surface area (Å²) < 4.78 is 0. The van der Waals surface area contributed by atoms with Crippen LogP contribution in [0, 0.1) is 75.8 Å². The quantitative estimate of drug-likeness (QED) is 0.264. The third-order valence-corrected chi connectivity index (χ3v) is 28.5. The number of rotatable bonds is 3. The molecule has 9 fully saturated rings. The predicted octanol–water partition coefficient (Wildman–Crippen LogP) is 26.0. The van der Waals surface area contributed by atoms with E-state index in [-0.39, 0.29) is 0 Å². The van der Waals surface area contributed by atoms with E-state index in [0.717, 1.165) is 0 Å². The van der Waals surface area contributed by atoms with Gasteiger partial charge in [0.05, 0.1) is 0 Å². The Morgan fingerprint density at radius 3 is 0.425 bits per heavy atom. The molecule has 0 nitrogen and oxygen atoms in total. The van der Waals surface area contributed by atoms with Crippen LogP contribution in [-0.2, 0) is 0 Å². The molecule has 0 radical (unpaired) electrons. The predicted molar refractivity (Wildman–Crippen MR) is 332 cm³/mol. The van der Waals surface area contributed by atoms with E-state index in [1.165, 1.54) is 225 Å². The third-order valence-electron chi connectivity index (χ3n) is 28.5. The SMILES string of the molecule is CC1(C)CCCC1(C)C.CC1(C)CCCC1(C)C.CC1(C)CCCC1(C)C.CC1(C)CCCC1(C)C.CC1(C2(C)CCCCC2)CCCCC1.CC12CCCCC1(C)CCCC2.CC[C@@]1(C)CCC[C@@]1(C)CC. The zero-order chi connectivity index (χ0) is 55.7. The van der Waals surface area contributed by atoms with Crippen molar-refractivity contribution < 1.29 is 0 Å². The van der Waals surface area contributed by atoms with Gasteiger partial charge in [-0.05, 0) is 191 Å². The van der Waals surface area contributed by atoms with Gasteiger partial charge in [-0.1, -0.05) is 275 Å². The Bertz CT molecular complexity index is 1340. The number of fused-ring (bicyclic) bond motifs is 1. The highest BCUT2D eigenvalue weighted by Crippen LogP contribution is 2.60. The van der Waals surface area contributed by atoms with Gasteiger partial charge in [-0.15, -0.1) is 0 Å². The van der Waals surface area contributed by atoms with Gasteiger partial charge in [0.1, 0.15) is 0 Å². The molecule has 0 heterocycles. The zero-order valence-corrected chi connectivity index (χ0v) is 55.7. The lowest BCUT2D eigenvalue weighted by Gasteiger charge is -2.53. The standard InChI is InChI=1S/C14H26.C12H22.C11H22.4C9H18/c1-13(9-5-3-6-10-13)14(2)11-7-4-8-12-14;1-11-7-3-5-9-12(11,2)10-6-4-8-11;1-5-10(3)8-7-9-11(10,4)6-2;4*1-8(2)6-5-7-9(8,3)4/h3-12H2,1-2H3;3-10H2,1-2H3;5-9H2,1-4H3;4*5-7H2,1-4H3/t;;10-,11+;;;;. The summed E-state index contributed by atoms with van der Waals surface area (Å²) in [7, 11) is 0. The largest absolute Gasteiger partial charge is 0.0648 e. The van der Waals surface area contributed by atoms with Crippen molar-refractivity contribution in [2.24, 2.45) is 75.8 Å². The molecule has 0 bridgehead atoms. The summed E-state index contributed by atoms with van der Waals surface area (Å²) >= 11 is 0. The fourth-order valence-corrected chi connectivity index (χ4v) is 16.7. The molecular formula is C73H142. The van der Waals surface area contributed by atoms with Crippen molar-refractivity contribution >= 4 is 0 Å². The molecule has 0 unspecified atom stereocenters. The molecule has 434 valence electrons. The van der Waals surface area contributed by atoms with Crippen molar-refractivity contribution in [2.45, 2.75) is 391 Å². The number of hydrogen-bond acceptors (Lipinski definition) is 0. The summed E-state index contributed by atoms with van der Waals surface area (Å²) in [5.41, 5.74) is 8.80. The first-order valence-electron chi connectivity index (χ1n) is 33.2.